The third-order valence-electron chi connectivity index (χ3n) is 3.19. The Morgan fingerprint density at radius 3 is 2.90 bits per heavy atom. The van der Waals surface area contributed by atoms with Crippen LogP contribution in [0.3, 0.4) is 0 Å². The number of aromatic nitrogens is 2. The molecule has 0 aliphatic heterocycles. The van der Waals surface area contributed by atoms with E-state index in [1.165, 1.54) is 4.88 Å². The van der Waals surface area contributed by atoms with Crippen LogP contribution in [0.1, 0.15) is 4.88 Å². The van der Waals surface area contributed by atoms with Crippen molar-refractivity contribution >= 4 is 46.2 Å². The van der Waals surface area contributed by atoms with Gasteiger partial charge in [0.1, 0.15) is 5.75 Å². The average Bonchev–Trinajstić information content (AvgIpc) is 2.98. The fourth-order valence-corrected chi connectivity index (χ4v) is 3.57. The number of imidazole rings is 1. The highest BCUT2D eigenvalue weighted by Gasteiger charge is 2.07. The van der Waals surface area contributed by atoms with Crippen molar-refractivity contribution < 1.29 is 4.74 Å². The summed E-state index contributed by atoms with van der Waals surface area (Å²) in [7, 11) is 1.67. The molecule has 2 heterocycles. The number of hydrogen-bond donors (Lipinski definition) is 1. The molecular weight excluding hydrogens is 312 g/mol. The number of ether oxygens (including phenoxy) is 1. The van der Waals surface area contributed by atoms with Gasteiger partial charge in [-0.05, 0) is 42.9 Å². The fraction of sp³-hybridized carbons (Fsp3) is 0.214. The van der Waals surface area contributed by atoms with Crippen LogP contribution in [0.2, 0.25) is 4.34 Å². The van der Waals surface area contributed by atoms with E-state index in [9.17, 15) is 0 Å². The van der Waals surface area contributed by atoms with E-state index in [-0.39, 0.29) is 0 Å². The minimum absolute atomic E-state index is 0.732. The molecule has 3 aromatic rings. The van der Waals surface area contributed by atoms with E-state index in [4.69, 9.17) is 28.6 Å². The molecule has 20 heavy (non-hydrogen) atoms. The first-order valence-electron chi connectivity index (χ1n) is 6.18. The maximum absolute atomic E-state index is 5.96. The van der Waals surface area contributed by atoms with Crippen LogP contribution in [0.4, 0.5) is 0 Å². The van der Waals surface area contributed by atoms with Gasteiger partial charge in [-0.3, -0.25) is 0 Å². The van der Waals surface area contributed by atoms with Crippen LogP contribution >= 0.6 is 35.2 Å². The summed E-state index contributed by atoms with van der Waals surface area (Å²) in [4.78, 5) is 4.48. The zero-order valence-electron chi connectivity index (χ0n) is 10.9. The molecule has 0 bridgehead atoms. The third-order valence-corrected chi connectivity index (χ3v) is 4.81. The Morgan fingerprint density at radius 1 is 1.35 bits per heavy atom. The van der Waals surface area contributed by atoms with Gasteiger partial charge in [-0.15, -0.1) is 11.3 Å². The molecule has 104 valence electrons. The highest BCUT2D eigenvalue weighted by Crippen LogP contribution is 2.24. The molecule has 6 heteroatoms. The van der Waals surface area contributed by atoms with Crippen molar-refractivity contribution in [2.24, 2.45) is 0 Å². The molecule has 1 N–H and O–H groups in total. The van der Waals surface area contributed by atoms with Crippen molar-refractivity contribution in [1.29, 1.82) is 0 Å². The lowest BCUT2D eigenvalue weighted by Gasteiger charge is -2.05. The largest absolute Gasteiger partial charge is 0.497 e. The third kappa shape index (κ3) is 2.61. The van der Waals surface area contributed by atoms with Gasteiger partial charge in [-0.25, -0.2) is 0 Å². The topological polar surface area (TPSA) is 29.9 Å². The Bertz CT molecular complexity index is 803. The fourth-order valence-electron chi connectivity index (χ4n) is 2.19. The predicted octanol–water partition coefficient (Wildman–Crippen LogP) is 4.67. The SMILES string of the molecule is COc1ccc2[nH]c(=S)n(CCc3ccc(Cl)s3)c2c1. The quantitative estimate of drug-likeness (QED) is 0.707. The van der Waals surface area contributed by atoms with E-state index in [1.807, 2.05) is 24.3 Å². The van der Waals surface area contributed by atoms with Crippen molar-refractivity contribution in [2.45, 2.75) is 13.0 Å². The van der Waals surface area contributed by atoms with Crippen molar-refractivity contribution in [3.63, 3.8) is 0 Å². The first-order valence-corrected chi connectivity index (χ1v) is 7.78. The zero-order valence-corrected chi connectivity index (χ0v) is 13.2. The molecule has 2 aromatic heterocycles. The van der Waals surface area contributed by atoms with Gasteiger partial charge in [0, 0.05) is 17.5 Å². The Balaban J connectivity index is 1.93. The first kappa shape index (κ1) is 13.7. The number of methoxy groups -OCH3 is 1. The number of H-pyrrole nitrogens is 1. The van der Waals surface area contributed by atoms with Crippen LogP contribution in [0.15, 0.2) is 30.3 Å². The van der Waals surface area contributed by atoms with Gasteiger partial charge in [-0.2, -0.15) is 0 Å². The normalized spacial score (nSPS) is 11.1. The zero-order chi connectivity index (χ0) is 14.1. The molecule has 0 saturated heterocycles. The van der Waals surface area contributed by atoms with Crippen LogP contribution in [-0.2, 0) is 13.0 Å². The van der Waals surface area contributed by atoms with E-state index in [1.54, 1.807) is 18.4 Å². The summed E-state index contributed by atoms with van der Waals surface area (Å²) < 4.78 is 8.93. The Labute approximate surface area is 130 Å². The molecule has 3 nitrogen and oxygen atoms in total. The molecule has 0 unspecified atom stereocenters. The van der Waals surface area contributed by atoms with E-state index in [2.05, 4.69) is 15.6 Å². The molecule has 0 saturated carbocycles. The maximum Gasteiger partial charge on any atom is 0.178 e. The summed E-state index contributed by atoms with van der Waals surface area (Å²) >= 11 is 13.0. The van der Waals surface area contributed by atoms with Gasteiger partial charge in [0.25, 0.3) is 0 Å². The first-order chi connectivity index (χ1) is 9.67. The van der Waals surface area contributed by atoms with E-state index in [0.29, 0.717) is 0 Å². The minimum atomic E-state index is 0.732. The highest BCUT2D eigenvalue weighted by atomic mass is 35.5. The van der Waals surface area contributed by atoms with Crippen molar-refractivity contribution in [3.8, 4) is 5.75 Å². The summed E-state index contributed by atoms with van der Waals surface area (Å²) in [5.74, 6) is 0.833. The van der Waals surface area contributed by atoms with Gasteiger partial charge < -0.3 is 14.3 Å². The lowest BCUT2D eigenvalue weighted by Crippen LogP contribution is -2.00. The van der Waals surface area contributed by atoms with Crippen LogP contribution in [0.25, 0.3) is 11.0 Å². The Hall–Kier alpha value is -1.30. The van der Waals surface area contributed by atoms with Crippen molar-refractivity contribution in [1.82, 2.24) is 9.55 Å². The second kappa shape index (κ2) is 5.60. The smallest absolute Gasteiger partial charge is 0.178 e. The summed E-state index contributed by atoms with van der Waals surface area (Å²) in [5.41, 5.74) is 2.09. The molecular formula is C14H13ClN2OS2. The molecule has 1 aromatic carbocycles. The van der Waals surface area contributed by atoms with Gasteiger partial charge in [-0.1, -0.05) is 11.6 Å². The van der Waals surface area contributed by atoms with E-state index < -0.39 is 0 Å². The second-order valence-corrected chi connectivity index (χ2v) is 6.61. The molecule has 0 amide bonds. The van der Waals surface area contributed by atoms with Crippen molar-refractivity contribution in [3.05, 3.63) is 44.3 Å². The molecule has 0 spiro atoms. The number of nitrogens with one attached hydrogen (secondary N) is 1. The number of hydrogen-bond acceptors (Lipinski definition) is 3. The summed E-state index contributed by atoms with van der Waals surface area (Å²) in [6.45, 7) is 0.822. The molecule has 0 aliphatic rings. The molecule has 0 atom stereocenters. The standard InChI is InChI=1S/C14H13ClN2OS2/c1-18-9-2-4-11-12(8-9)17(14(19)16-11)7-6-10-3-5-13(15)20-10/h2-5,8H,6-7H2,1H3,(H,16,19). The molecule has 0 fully saturated rings. The lowest BCUT2D eigenvalue weighted by molar-refractivity contribution is 0.415. The van der Waals surface area contributed by atoms with Crippen LogP contribution in [0, 0.1) is 4.77 Å². The predicted molar refractivity (Wildman–Crippen MR) is 86.7 cm³/mol. The van der Waals surface area contributed by atoms with Gasteiger partial charge >= 0.3 is 0 Å². The number of halogens is 1. The summed E-state index contributed by atoms with van der Waals surface area (Å²) in [5, 5.41) is 0. The van der Waals surface area contributed by atoms with Crippen LogP contribution in [-0.4, -0.2) is 16.7 Å². The molecule has 0 aliphatic carbocycles. The minimum Gasteiger partial charge on any atom is -0.497 e. The number of fused-ring (bicyclic) bond motifs is 1. The van der Waals surface area contributed by atoms with Crippen LogP contribution < -0.4 is 4.74 Å². The Morgan fingerprint density at radius 2 is 2.20 bits per heavy atom. The molecule has 3 rings (SSSR count). The maximum atomic E-state index is 5.96. The number of aromatic amines is 1. The monoisotopic (exact) mass is 324 g/mol. The lowest BCUT2D eigenvalue weighted by atomic mass is 10.3. The Kier molecular flexibility index (Phi) is 3.83. The number of nitrogens with zero attached hydrogens (tertiary/aromatic N) is 1. The summed E-state index contributed by atoms with van der Waals surface area (Å²) in [6, 6.07) is 9.91. The molecule has 0 radical (unpaired) electrons. The van der Waals surface area contributed by atoms with E-state index in [0.717, 1.165) is 38.9 Å². The number of benzene rings is 1. The van der Waals surface area contributed by atoms with E-state index >= 15 is 0 Å². The van der Waals surface area contributed by atoms with Crippen LogP contribution in [0.5, 0.6) is 5.75 Å². The van der Waals surface area contributed by atoms with Gasteiger partial charge in [0.05, 0.1) is 22.5 Å². The average molecular weight is 325 g/mol. The van der Waals surface area contributed by atoms with Gasteiger partial charge in [0.15, 0.2) is 4.77 Å². The second-order valence-electron chi connectivity index (χ2n) is 4.42. The number of aryl methyl sites for hydroxylation is 2. The van der Waals surface area contributed by atoms with Gasteiger partial charge in [0.2, 0.25) is 0 Å². The number of rotatable bonds is 4. The summed E-state index contributed by atoms with van der Waals surface area (Å²) in [6.07, 6.45) is 0.913. The highest BCUT2D eigenvalue weighted by molar-refractivity contribution is 7.71. The number of thiophene rings is 1. The van der Waals surface area contributed by atoms with Crippen molar-refractivity contribution in [2.75, 3.05) is 7.11 Å².